The lowest BCUT2D eigenvalue weighted by Gasteiger charge is -2.22. The number of ketones is 1. The number of hydrogen-bond acceptors (Lipinski definition) is 6. The molecule has 0 bridgehead atoms. The lowest BCUT2D eigenvalue weighted by molar-refractivity contribution is -0.147. The molecule has 7 nitrogen and oxygen atoms in total. The molecule has 2 unspecified atom stereocenters. The lowest BCUT2D eigenvalue weighted by Crippen LogP contribution is -2.40. The topological polar surface area (TPSA) is 84.9 Å². The number of hydrogen-bond donors (Lipinski definition) is 1. The van der Waals surface area contributed by atoms with Crippen LogP contribution in [0.3, 0.4) is 0 Å². The van der Waals surface area contributed by atoms with Gasteiger partial charge in [0.1, 0.15) is 5.60 Å². The summed E-state index contributed by atoms with van der Waals surface area (Å²) in [5.74, 6) is -1.20. The first-order valence-electron chi connectivity index (χ1n) is 7.91. The number of esters is 1. The van der Waals surface area contributed by atoms with E-state index in [2.05, 4.69) is 5.32 Å². The Bertz CT molecular complexity index is 444. The third kappa shape index (κ3) is 6.56. The summed E-state index contributed by atoms with van der Waals surface area (Å²) in [6, 6.07) is -0.149. The number of rotatable bonds is 6. The number of Topliss-reactive ketones (excluding diaryl/α,β-unsaturated/α-hetero) is 1. The van der Waals surface area contributed by atoms with Crippen molar-refractivity contribution in [3.63, 3.8) is 0 Å². The first-order valence-corrected chi connectivity index (χ1v) is 7.91. The molecule has 1 amide bonds. The summed E-state index contributed by atoms with van der Waals surface area (Å²) < 4.78 is 9.87. The van der Waals surface area contributed by atoms with E-state index in [1.165, 1.54) is 7.11 Å². The normalized spacial score (nSPS) is 20.0. The quantitative estimate of drug-likeness (QED) is 0.741. The third-order valence-electron chi connectivity index (χ3n) is 3.77. The minimum Gasteiger partial charge on any atom is -0.469 e. The van der Waals surface area contributed by atoms with Gasteiger partial charge in [0.2, 0.25) is 0 Å². The number of likely N-dealkylation sites (tertiary alicyclic amines) is 1. The number of carbonyl (C=O) groups is 3. The van der Waals surface area contributed by atoms with Crippen LogP contribution in [0.5, 0.6) is 0 Å². The zero-order valence-electron chi connectivity index (χ0n) is 14.7. The molecule has 132 valence electrons. The highest BCUT2D eigenvalue weighted by molar-refractivity contribution is 5.88. The number of nitrogens with zero attached hydrogens (tertiary/aromatic N) is 1. The van der Waals surface area contributed by atoms with E-state index in [4.69, 9.17) is 9.47 Å². The van der Waals surface area contributed by atoms with Crippen molar-refractivity contribution in [2.45, 2.75) is 51.7 Å². The van der Waals surface area contributed by atoms with Crippen molar-refractivity contribution in [3.8, 4) is 0 Å². The highest BCUT2D eigenvalue weighted by atomic mass is 16.6. The van der Waals surface area contributed by atoms with E-state index < -0.39 is 23.6 Å². The molecule has 0 spiro atoms. The Labute approximate surface area is 137 Å². The highest BCUT2D eigenvalue weighted by Gasteiger charge is 2.32. The maximum absolute atomic E-state index is 12.4. The van der Waals surface area contributed by atoms with Crippen LogP contribution in [0.15, 0.2) is 0 Å². The molecule has 1 N–H and O–H groups in total. The van der Waals surface area contributed by atoms with Crippen LogP contribution in [0.4, 0.5) is 4.79 Å². The van der Waals surface area contributed by atoms with Gasteiger partial charge in [-0.05, 0) is 47.2 Å². The molecular weight excluding hydrogens is 300 g/mol. The molecule has 2 atom stereocenters. The molecule has 1 rings (SSSR count). The van der Waals surface area contributed by atoms with Crippen molar-refractivity contribution in [1.82, 2.24) is 10.2 Å². The van der Waals surface area contributed by atoms with Crippen LogP contribution in [-0.2, 0) is 19.1 Å². The largest absolute Gasteiger partial charge is 0.469 e. The first kappa shape index (κ1) is 19.4. The zero-order valence-corrected chi connectivity index (χ0v) is 14.7. The number of amides is 1. The second-order valence-electron chi connectivity index (χ2n) is 6.91. The molecule has 7 heteroatoms. The van der Waals surface area contributed by atoms with Crippen LogP contribution in [0, 0.1) is 5.92 Å². The fourth-order valence-electron chi connectivity index (χ4n) is 2.62. The Morgan fingerprint density at radius 1 is 1.30 bits per heavy atom. The van der Waals surface area contributed by atoms with Gasteiger partial charge in [-0.2, -0.15) is 0 Å². The van der Waals surface area contributed by atoms with E-state index in [1.54, 1.807) is 20.8 Å². The summed E-state index contributed by atoms with van der Waals surface area (Å²) in [6.07, 6.45) is 1.23. The average Bonchev–Trinajstić information content (AvgIpc) is 2.86. The van der Waals surface area contributed by atoms with Crippen LogP contribution in [0.1, 0.15) is 40.0 Å². The predicted octanol–water partition coefficient (Wildman–Crippen LogP) is 1.35. The maximum Gasteiger partial charge on any atom is 0.407 e. The summed E-state index contributed by atoms with van der Waals surface area (Å²) in [6.45, 7) is 6.16. The van der Waals surface area contributed by atoms with Gasteiger partial charge in [0.25, 0.3) is 0 Å². The monoisotopic (exact) mass is 328 g/mol. The number of carbonyl (C=O) groups excluding carboxylic acids is 3. The molecule has 0 aromatic carbocycles. The summed E-state index contributed by atoms with van der Waals surface area (Å²) in [5, 5.41) is 2.53. The number of likely N-dealkylation sites (N-methyl/N-ethyl adjacent to an activating group) is 1. The maximum atomic E-state index is 12.4. The molecule has 1 heterocycles. The van der Waals surface area contributed by atoms with Gasteiger partial charge in [0, 0.05) is 13.0 Å². The Morgan fingerprint density at radius 2 is 1.96 bits per heavy atom. The summed E-state index contributed by atoms with van der Waals surface area (Å²) in [5.41, 5.74) is -0.618. The fourth-order valence-corrected chi connectivity index (χ4v) is 2.62. The molecule has 0 aromatic rings. The molecule has 1 aliphatic rings. The zero-order chi connectivity index (χ0) is 17.6. The second-order valence-corrected chi connectivity index (χ2v) is 6.91. The van der Waals surface area contributed by atoms with E-state index in [1.807, 2.05) is 11.9 Å². The van der Waals surface area contributed by atoms with Gasteiger partial charge in [-0.15, -0.1) is 0 Å². The minimum atomic E-state index is -0.700. The molecule has 23 heavy (non-hydrogen) atoms. The van der Waals surface area contributed by atoms with Crippen molar-refractivity contribution < 1.29 is 23.9 Å². The highest BCUT2D eigenvalue weighted by Crippen LogP contribution is 2.19. The molecule has 0 aliphatic carbocycles. The van der Waals surface area contributed by atoms with Crippen molar-refractivity contribution in [2.75, 3.05) is 27.2 Å². The van der Waals surface area contributed by atoms with Gasteiger partial charge in [0.15, 0.2) is 5.78 Å². The standard InChI is InChI=1S/C16H28N2O5/c1-16(2,3)23-15(21)17-10-11(14(20)22-5)9-13(19)12-7-6-8-18(12)4/h11-12H,6-10H2,1-5H3,(H,17,21). The van der Waals surface area contributed by atoms with Gasteiger partial charge >= 0.3 is 12.1 Å². The van der Waals surface area contributed by atoms with E-state index >= 15 is 0 Å². The van der Waals surface area contributed by atoms with Crippen LogP contribution in [-0.4, -0.2) is 61.6 Å². The number of alkyl carbamates (subject to hydrolysis) is 1. The Balaban J connectivity index is 2.57. The number of ether oxygens (including phenoxy) is 2. The molecule has 0 saturated carbocycles. The van der Waals surface area contributed by atoms with Gasteiger partial charge in [-0.3, -0.25) is 14.5 Å². The lowest BCUT2D eigenvalue weighted by atomic mass is 9.97. The van der Waals surface area contributed by atoms with Crippen molar-refractivity contribution >= 4 is 17.8 Å². The van der Waals surface area contributed by atoms with Crippen molar-refractivity contribution in [2.24, 2.45) is 5.92 Å². The van der Waals surface area contributed by atoms with Crippen LogP contribution >= 0.6 is 0 Å². The van der Waals surface area contributed by atoms with E-state index in [9.17, 15) is 14.4 Å². The van der Waals surface area contributed by atoms with Crippen LogP contribution in [0.25, 0.3) is 0 Å². The SMILES string of the molecule is COC(=O)C(CNC(=O)OC(C)(C)C)CC(=O)C1CCCN1C. The van der Waals surface area contributed by atoms with E-state index in [-0.39, 0.29) is 24.8 Å². The Kier molecular flexibility index (Phi) is 7.00. The van der Waals surface area contributed by atoms with Crippen molar-refractivity contribution in [1.29, 1.82) is 0 Å². The summed E-state index contributed by atoms with van der Waals surface area (Å²) in [4.78, 5) is 37.9. The van der Waals surface area contributed by atoms with E-state index in [0.717, 1.165) is 19.4 Å². The van der Waals surface area contributed by atoms with Gasteiger partial charge in [0.05, 0.1) is 19.1 Å². The van der Waals surface area contributed by atoms with Crippen LogP contribution < -0.4 is 5.32 Å². The van der Waals surface area contributed by atoms with Gasteiger partial charge in [-0.1, -0.05) is 0 Å². The number of nitrogens with one attached hydrogen (secondary N) is 1. The third-order valence-corrected chi connectivity index (χ3v) is 3.77. The van der Waals surface area contributed by atoms with E-state index in [0.29, 0.717) is 0 Å². The molecule has 1 fully saturated rings. The second kappa shape index (κ2) is 8.29. The minimum absolute atomic E-state index is 0.00592. The van der Waals surface area contributed by atoms with Gasteiger partial charge in [-0.25, -0.2) is 4.79 Å². The molecule has 0 aromatic heterocycles. The van der Waals surface area contributed by atoms with Gasteiger partial charge < -0.3 is 14.8 Å². The molecule has 1 aliphatic heterocycles. The average molecular weight is 328 g/mol. The smallest absolute Gasteiger partial charge is 0.407 e. The summed E-state index contributed by atoms with van der Waals surface area (Å²) >= 11 is 0. The molecule has 1 saturated heterocycles. The Morgan fingerprint density at radius 3 is 2.43 bits per heavy atom. The fraction of sp³-hybridized carbons (Fsp3) is 0.812. The molecule has 0 radical (unpaired) electrons. The van der Waals surface area contributed by atoms with Crippen molar-refractivity contribution in [3.05, 3.63) is 0 Å². The predicted molar refractivity (Wildman–Crippen MR) is 85.0 cm³/mol. The molecular formula is C16H28N2O5. The van der Waals surface area contributed by atoms with Crippen LogP contribution in [0.2, 0.25) is 0 Å². The Hall–Kier alpha value is -1.63. The first-order chi connectivity index (χ1) is 10.6. The summed E-state index contributed by atoms with van der Waals surface area (Å²) in [7, 11) is 3.18. The number of methoxy groups -OCH3 is 1.